The molecule has 1 aliphatic carbocycles. The standard InChI is InChI=1S/C9H9IN4O2S2/c10-7-3-5(4-17-7)8-12-13-9(18(11,15)16)14(8)6-1-2-6/h3-4,6H,1-2H2,(H2,11,15,16). The SMILES string of the molecule is NS(=O)(=O)c1nnc(-c2csc(I)c2)n1C1CC1. The highest BCUT2D eigenvalue weighted by Gasteiger charge is 2.33. The minimum atomic E-state index is -3.83. The van der Waals surface area contributed by atoms with Crippen molar-refractivity contribution < 1.29 is 8.42 Å². The lowest BCUT2D eigenvalue weighted by atomic mass is 10.3. The van der Waals surface area contributed by atoms with Gasteiger partial charge in [-0.1, -0.05) is 0 Å². The molecule has 9 heteroatoms. The second-order valence-corrected chi connectivity index (χ2v) is 8.35. The fraction of sp³-hybridized carbons (Fsp3) is 0.333. The second kappa shape index (κ2) is 4.25. The van der Waals surface area contributed by atoms with Crippen molar-refractivity contribution in [3.05, 3.63) is 14.3 Å². The summed E-state index contributed by atoms with van der Waals surface area (Å²) < 4.78 is 25.7. The number of rotatable bonds is 3. The van der Waals surface area contributed by atoms with Crippen LogP contribution in [0, 0.1) is 2.88 Å². The van der Waals surface area contributed by atoms with E-state index >= 15 is 0 Å². The molecule has 0 aromatic carbocycles. The van der Waals surface area contributed by atoms with Crippen molar-refractivity contribution >= 4 is 44.0 Å². The Labute approximate surface area is 121 Å². The predicted molar refractivity (Wildman–Crippen MR) is 75.7 cm³/mol. The molecule has 1 aliphatic rings. The first-order chi connectivity index (χ1) is 8.47. The van der Waals surface area contributed by atoms with Crippen molar-refractivity contribution in [1.82, 2.24) is 14.8 Å². The van der Waals surface area contributed by atoms with Crippen LogP contribution in [0.3, 0.4) is 0 Å². The van der Waals surface area contributed by atoms with Crippen molar-refractivity contribution in [3.63, 3.8) is 0 Å². The summed E-state index contributed by atoms with van der Waals surface area (Å²) in [6, 6.07) is 2.11. The molecule has 18 heavy (non-hydrogen) atoms. The van der Waals surface area contributed by atoms with E-state index in [1.54, 1.807) is 15.9 Å². The number of hydrogen-bond donors (Lipinski definition) is 1. The van der Waals surface area contributed by atoms with Gasteiger partial charge in [-0.15, -0.1) is 21.5 Å². The molecule has 2 aromatic heterocycles. The summed E-state index contributed by atoms with van der Waals surface area (Å²) in [7, 11) is -3.83. The van der Waals surface area contributed by atoms with E-state index in [0.717, 1.165) is 21.3 Å². The molecule has 0 radical (unpaired) electrons. The van der Waals surface area contributed by atoms with E-state index in [1.807, 2.05) is 11.4 Å². The number of nitrogens with two attached hydrogens (primary N) is 1. The molecule has 0 saturated heterocycles. The first kappa shape index (κ1) is 12.5. The Morgan fingerprint density at radius 1 is 1.44 bits per heavy atom. The molecule has 0 atom stereocenters. The van der Waals surface area contributed by atoms with E-state index < -0.39 is 10.0 Å². The Balaban J connectivity index is 2.19. The van der Waals surface area contributed by atoms with Crippen molar-refractivity contribution in [2.45, 2.75) is 24.0 Å². The molecule has 0 aliphatic heterocycles. The van der Waals surface area contributed by atoms with E-state index in [4.69, 9.17) is 5.14 Å². The van der Waals surface area contributed by atoms with Crippen LogP contribution in [-0.4, -0.2) is 23.2 Å². The molecule has 6 nitrogen and oxygen atoms in total. The van der Waals surface area contributed by atoms with E-state index in [0.29, 0.717) is 5.82 Å². The van der Waals surface area contributed by atoms with Gasteiger partial charge in [-0.05, 0) is 41.5 Å². The Morgan fingerprint density at radius 2 is 2.17 bits per heavy atom. The molecule has 0 amide bonds. The monoisotopic (exact) mass is 396 g/mol. The van der Waals surface area contributed by atoms with Crippen LogP contribution in [0.15, 0.2) is 16.6 Å². The highest BCUT2D eigenvalue weighted by Crippen LogP contribution is 2.40. The molecule has 0 bridgehead atoms. The van der Waals surface area contributed by atoms with Crippen LogP contribution in [0.4, 0.5) is 0 Å². The van der Waals surface area contributed by atoms with E-state index in [-0.39, 0.29) is 11.2 Å². The maximum Gasteiger partial charge on any atom is 0.273 e. The summed E-state index contributed by atoms with van der Waals surface area (Å²) in [5, 5.41) is 14.7. The maximum atomic E-state index is 11.5. The van der Waals surface area contributed by atoms with Crippen molar-refractivity contribution in [1.29, 1.82) is 0 Å². The van der Waals surface area contributed by atoms with Gasteiger partial charge in [0.2, 0.25) is 0 Å². The molecule has 1 saturated carbocycles. The lowest BCUT2D eigenvalue weighted by Crippen LogP contribution is -2.18. The van der Waals surface area contributed by atoms with E-state index in [1.165, 1.54) is 0 Å². The van der Waals surface area contributed by atoms with Crippen LogP contribution in [-0.2, 0) is 10.0 Å². The Bertz CT molecular complexity index is 702. The lowest BCUT2D eigenvalue weighted by Gasteiger charge is -2.05. The van der Waals surface area contributed by atoms with Gasteiger partial charge in [-0.2, -0.15) is 0 Å². The first-order valence-corrected chi connectivity index (χ1v) is 8.69. The average molecular weight is 396 g/mol. The molecule has 2 aromatic rings. The third-order valence-electron chi connectivity index (χ3n) is 2.66. The Hall–Kier alpha value is -0.520. The topological polar surface area (TPSA) is 90.9 Å². The van der Waals surface area contributed by atoms with Gasteiger partial charge in [0.05, 0.1) is 2.88 Å². The molecule has 2 heterocycles. The lowest BCUT2D eigenvalue weighted by molar-refractivity contribution is 0.567. The van der Waals surface area contributed by atoms with Crippen LogP contribution in [0.25, 0.3) is 11.4 Å². The second-order valence-electron chi connectivity index (χ2n) is 4.09. The zero-order chi connectivity index (χ0) is 12.9. The normalized spacial score (nSPS) is 16.1. The third-order valence-corrected chi connectivity index (χ3v) is 5.23. The molecular weight excluding hydrogens is 387 g/mol. The number of aromatic nitrogens is 3. The summed E-state index contributed by atoms with van der Waals surface area (Å²) >= 11 is 3.79. The number of nitrogens with zero attached hydrogens (tertiary/aromatic N) is 3. The van der Waals surface area contributed by atoms with Gasteiger partial charge in [-0.3, -0.25) is 4.57 Å². The summed E-state index contributed by atoms with van der Waals surface area (Å²) in [4.78, 5) is 0. The quantitative estimate of drug-likeness (QED) is 0.798. The molecular formula is C9H9IN4O2S2. The fourth-order valence-electron chi connectivity index (χ4n) is 1.76. The maximum absolute atomic E-state index is 11.5. The Kier molecular flexibility index (Phi) is 2.95. The van der Waals surface area contributed by atoms with Gasteiger partial charge in [0.25, 0.3) is 15.2 Å². The van der Waals surface area contributed by atoms with Crippen LogP contribution in [0.1, 0.15) is 18.9 Å². The average Bonchev–Trinajstić information content (AvgIpc) is 2.85. The smallest absolute Gasteiger partial charge is 0.273 e. The zero-order valence-electron chi connectivity index (χ0n) is 9.08. The summed E-state index contributed by atoms with van der Waals surface area (Å²) in [5.41, 5.74) is 0.888. The molecule has 3 rings (SSSR count). The molecule has 0 unspecified atom stereocenters. The van der Waals surface area contributed by atoms with Crippen LogP contribution in [0.2, 0.25) is 0 Å². The number of sulfonamides is 1. The largest absolute Gasteiger partial charge is 0.294 e. The van der Waals surface area contributed by atoms with Crippen molar-refractivity contribution in [3.8, 4) is 11.4 Å². The van der Waals surface area contributed by atoms with E-state index in [9.17, 15) is 8.42 Å². The van der Waals surface area contributed by atoms with E-state index in [2.05, 4.69) is 32.8 Å². The van der Waals surface area contributed by atoms with Crippen LogP contribution >= 0.6 is 33.9 Å². The summed E-state index contributed by atoms with van der Waals surface area (Å²) in [5.74, 6) is 0.584. The van der Waals surface area contributed by atoms with Crippen LogP contribution in [0.5, 0.6) is 0 Å². The minimum Gasteiger partial charge on any atom is -0.294 e. The van der Waals surface area contributed by atoms with Gasteiger partial charge < -0.3 is 0 Å². The zero-order valence-corrected chi connectivity index (χ0v) is 12.9. The van der Waals surface area contributed by atoms with Gasteiger partial charge in [-0.25, -0.2) is 13.6 Å². The van der Waals surface area contributed by atoms with Crippen molar-refractivity contribution in [2.24, 2.45) is 5.14 Å². The summed E-state index contributed by atoms with van der Waals surface area (Å²) in [6.07, 6.45) is 1.88. The Morgan fingerprint density at radius 3 is 2.67 bits per heavy atom. The number of thiophene rings is 1. The highest BCUT2D eigenvalue weighted by atomic mass is 127. The van der Waals surface area contributed by atoms with Crippen LogP contribution < -0.4 is 5.14 Å². The predicted octanol–water partition coefficient (Wildman–Crippen LogP) is 1.59. The summed E-state index contributed by atoms with van der Waals surface area (Å²) in [6.45, 7) is 0. The fourth-order valence-corrected chi connectivity index (χ4v) is 3.75. The van der Waals surface area contributed by atoms with Gasteiger partial charge >= 0.3 is 0 Å². The number of primary sulfonamides is 1. The van der Waals surface area contributed by atoms with Gasteiger partial charge in [0.15, 0.2) is 5.82 Å². The van der Waals surface area contributed by atoms with Gasteiger partial charge in [0.1, 0.15) is 0 Å². The highest BCUT2D eigenvalue weighted by molar-refractivity contribution is 14.1. The molecule has 2 N–H and O–H groups in total. The third kappa shape index (κ3) is 2.19. The molecule has 1 fully saturated rings. The first-order valence-electron chi connectivity index (χ1n) is 5.19. The number of halogens is 1. The number of hydrogen-bond acceptors (Lipinski definition) is 5. The molecule has 0 spiro atoms. The molecule has 96 valence electrons. The minimum absolute atomic E-state index is 0.138. The van der Waals surface area contributed by atoms with Crippen molar-refractivity contribution in [2.75, 3.05) is 0 Å². The van der Waals surface area contributed by atoms with Gasteiger partial charge in [0, 0.05) is 17.0 Å².